The standard InChI is InChI=1S/C18H17BrN4O3/c1-9-6-11(16-10(2)22-23(3)17(16)20-9)18(24)21-13-8-15-14(7-12(13)19)25-4-5-26-15/h6-8H,4-5H2,1-3H3,(H,21,24). The van der Waals surface area contributed by atoms with Crippen LogP contribution in [0.3, 0.4) is 0 Å². The minimum absolute atomic E-state index is 0.228. The van der Waals surface area contributed by atoms with Gasteiger partial charge in [0.05, 0.1) is 22.3 Å². The summed E-state index contributed by atoms with van der Waals surface area (Å²) in [6, 6.07) is 5.34. The largest absolute Gasteiger partial charge is 0.486 e. The van der Waals surface area contributed by atoms with Crippen LogP contribution in [0.1, 0.15) is 21.7 Å². The topological polar surface area (TPSA) is 78.3 Å². The van der Waals surface area contributed by atoms with E-state index in [2.05, 4.69) is 31.3 Å². The van der Waals surface area contributed by atoms with Crippen molar-refractivity contribution in [1.82, 2.24) is 14.8 Å². The highest BCUT2D eigenvalue weighted by atomic mass is 79.9. The number of carbonyl (C=O) groups excluding carboxylic acids is 1. The van der Waals surface area contributed by atoms with Crippen molar-refractivity contribution < 1.29 is 14.3 Å². The van der Waals surface area contributed by atoms with Gasteiger partial charge in [0.15, 0.2) is 17.1 Å². The van der Waals surface area contributed by atoms with Crippen LogP contribution in [0.5, 0.6) is 11.5 Å². The minimum Gasteiger partial charge on any atom is -0.486 e. The van der Waals surface area contributed by atoms with E-state index in [-0.39, 0.29) is 5.91 Å². The fourth-order valence-corrected chi connectivity index (χ4v) is 3.52. The molecule has 3 aromatic rings. The molecular weight excluding hydrogens is 400 g/mol. The van der Waals surface area contributed by atoms with Crippen LogP contribution in [0, 0.1) is 13.8 Å². The normalized spacial score (nSPS) is 13.1. The Hall–Kier alpha value is -2.61. The number of amides is 1. The molecule has 1 N–H and O–H groups in total. The zero-order chi connectivity index (χ0) is 18.4. The second-order valence-electron chi connectivity index (χ2n) is 6.15. The summed E-state index contributed by atoms with van der Waals surface area (Å²) in [6.07, 6.45) is 0. The van der Waals surface area contributed by atoms with Crippen LogP contribution in [0.4, 0.5) is 5.69 Å². The molecule has 7 nitrogen and oxygen atoms in total. The van der Waals surface area contributed by atoms with E-state index in [0.29, 0.717) is 41.6 Å². The van der Waals surface area contributed by atoms with Crippen molar-refractivity contribution in [3.05, 3.63) is 39.6 Å². The molecule has 1 aliphatic heterocycles. The van der Waals surface area contributed by atoms with E-state index >= 15 is 0 Å². The summed E-state index contributed by atoms with van der Waals surface area (Å²) in [5.41, 5.74) is 3.37. The maximum absolute atomic E-state index is 13.0. The van der Waals surface area contributed by atoms with Crippen molar-refractivity contribution in [2.45, 2.75) is 13.8 Å². The molecule has 0 saturated carbocycles. The number of anilines is 1. The molecule has 0 spiro atoms. The number of hydrogen-bond acceptors (Lipinski definition) is 5. The highest BCUT2D eigenvalue weighted by Crippen LogP contribution is 2.38. The number of nitrogens with zero attached hydrogens (tertiary/aromatic N) is 3. The number of ether oxygens (including phenoxy) is 2. The summed E-state index contributed by atoms with van der Waals surface area (Å²) < 4.78 is 13.6. The zero-order valence-corrected chi connectivity index (χ0v) is 16.2. The van der Waals surface area contributed by atoms with Gasteiger partial charge in [-0.05, 0) is 35.8 Å². The second kappa shape index (κ2) is 6.28. The Bertz CT molecular complexity index is 1040. The number of pyridine rings is 1. The fraction of sp³-hybridized carbons (Fsp3) is 0.278. The molecule has 0 aliphatic carbocycles. The van der Waals surface area contributed by atoms with Crippen molar-refractivity contribution in [3.8, 4) is 11.5 Å². The Morgan fingerprint density at radius 2 is 1.88 bits per heavy atom. The first-order chi connectivity index (χ1) is 12.4. The first-order valence-corrected chi connectivity index (χ1v) is 8.95. The Morgan fingerprint density at radius 3 is 2.62 bits per heavy atom. The number of rotatable bonds is 2. The summed E-state index contributed by atoms with van der Waals surface area (Å²) in [7, 11) is 1.82. The van der Waals surface area contributed by atoms with Crippen molar-refractivity contribution in [1.29, 1.82) is 0 Å². The molecule has 0 saturated heterocycles. The molecule has 4 rings (SSSR count). The third kappa shape index (κ3) is 2.80. The van der Waals surface area contributed by atoms with Crippen LogP contribution in [0.25, 0.3) is 11.0 Å². The lowest BCUT2D eigenvalue weighted by Gasteiger charge is -2.20. The molecule has 2 aromatic heterocycles. The van der Waals surface area contributed by atoms with Crippen LogP contribution < -0.4 is 14.8 Å². The minimum atomic E-state index is -0.228. The Morgan fingerprint density at radius 1 is 1.19 bits per heavy atom. The van der Waals surface area contributed by atoms with E-state index in [1.165, 1.54) is 0 Å². The maximum atomic E-state index is 13.0. The number of aryl methyl sites for hydroxylation is 3. The van der Waals surface area contributed by atoms with Crippen LogP contribution in [-0.2, 0) is 7.05 Å². The van der Waals surface area contributed by atoms with Gasteiger partial charge in [-0.1, -0.05) is 0 Å². The molecule has 134 valence electrons. The van der Waals surface area contributed by atoms with Gasteiger partial charge < -0.3 is 14.8 Å². The van der Waals surface area contributed by atoms with Crippen molar-refractivity contribution in [3.63, 3.8) is 0 Å². The predicted octanol–water partition coefficient (Wildman–Crippen LogP) is 3.37. The van der Waals surface area contributed by atoms with E-state index in [0.717, 1.165) is 21.2 Å². The maximum Gasteiger partial charge on any atom is 0.256 e. The number of benzene rings is 1. The average Bonchev–Trinajstić information content (AvgIpc) is 2.88. The number of carbonyl (C=O) groups is 1. The molecule has 0 radical (unpaired) electrons. The first-order valence-electron chi connectivity index (χ1n) is 8.15. The molecule has 0 fully saturated rings. The van der Waals surface area contributed by atoms with E-state index in [1.54, 1.807) is 22.9 Å². The molecule has 1 aromatic carbocycles. The highest BCUT2D eigenvalue weighted by Gasteiger charge is 2.20. The fourth-order valence-electron chi connectivity index (χ4n) is 3.10. The lowest BCUT2D eigenvalue weighted by atomic mass is 10.1. The summed E-state index contributed by atoms with van der Waals surface area (Å²) >= 11 is 3.48. The van der Waals surface area contributed by atoms with Gasteiger partial charge in [-0.3, -0.25) is 9.48 Å². The third-order valence-corrected chi connectivity index (χ3v) is 4.88. The summed E-state index contributed by atoms with van der Waals surface area (Å²) in [5, 5.41) is 8.09. The highest BCUT2D eigenvalue weighted by molar-refractivity contribution is 9.10. The van der Waals surface area contributed by atoms with Crippen LogP contribution in [-0.4, -0.2) is 33.9 Å². The van der Waals surface area contributed by atoms with Crippen LogP contribution >= 0.6 is 15.9 Å². The monoisotopic (exact) mass is 416 g/mol. The molecule has 0 unspecified atom stereocenters. The molecule has 0 bridgehead atoms. The molecular formula is C18H17BrN4O3. The van der Waals surface area contributed by atoms with Crippen molar-refractivity contribution >= 4 is 38.6 Å². The van der Waals surface area contributed by atoms with Crippen LogP contribution in [0.15, 0.2) is 22.7 Å². The molecule has 1 amide bonds. The van der Waals surface area contributed by atoms with Gasteiger partial charge >= 0.3 is 0 Å². The smallest absolute Gasteiger partial charge is 0.256 e. The zero-order valence-electron chi connectivity index (χ0n) is 14.6. The van der Waals surface area contributed by atoms with E-state index in [4.69, 9.17) is 9.47 Å². The molecule has 3 heterocycles. The SMILES string of the molecule is Cc1cc(C(=O)Nc2cc3c(cc2Br)OCCO3)c2c(C)nn(C)c2n1. The van der Waals surface area contributed by atoms with E-state index < -0.39 is 0 Å². The molecule has 8 heteroatoms. The second-order valence-corrected chi connectivity index (χ2v) is 7.00. The predicted molar refractivity (Wildman–Crippen MR) is 101 cm³/mol. The van der Waals surface area contributed by atoms with Crippen molar-refractivity contribution in [2.75, 3.05) is 18.5 Å². The quantitative estimate of drug-likeness (QED) is 0.692. The average molecular weight is 417 g/mol. The number of halogens is 1. The molecule has 1 aliphatic rings. The number of fused-ring (bicyclic) bond motifs is 2. The van der Waals surface area contributed by atoms with Gasteiger partial charge in [0.2, 0.25) is 0 Å². The number of nitrogens with one attached hydrogen (secondary N) is 1. The van der Waals surface area contributed by atoms with Gasteiger partial charge in [0.1, 0.15) is 13.2 Å². The van der Waals surface area contributed by atoms with Gasteiger partial charge in [0.25, 0.3) is 5.91 Å². The number of hydrogen-bond donors (Lipinski definition) is 1. The van der Waals surface area contributed by atoms with E-state index in [1.807, 2.05) is 20.9 Å². The Labute approximate surface area is 158 Å². The lowest BCUT2D eigenvalue weighted by Crippen LogP contribution is -2.17. The van der Waals surface area contributed by atoms with E-state index in [9.17, 15) is 4.79 Å². The first kappa shape index (κ1) is 16.8. The van der Waals surface area contributed by atoms with Gasteiger partial charge in [0, 0.05) is 29.3 Å². The van der Waals surface area contributed by atoms with Gasteiger partial charge in [-0.15, -0.1) is 0 Å². The van der Waals surface area contributed by atoms with Gasteiger partial charge in [-0.2, -0.15) is 5.10 Å². The Balaban J connectivity index is 1.75. The Kier molecular flexibility index (Phi) is 4.07. The van der Waals surface area contributed by atoms with Crippen molar-refractivity contribution in [2.24, 2.45) is 7.05 Å². The summed E-state index contributed by atoms with van der Waals surface area (Å²) in [6.45, 7) is 4.73. The third-order valence-electron chi connectivity index (χ3n) is 4.22. The van der Waals surface area contributed by atoms with Crippen LogP contribution in [0.2, 0.25) is 0 Å². The summed E-state index contributed by atoms with van der Waals surface area (Å²) in [4.78, 5) is 17.5. The lowest BCUT2D eigenvalue weighted by molar-refractivity contribution is 0.102. The molecule has 26 heavy (non-hydrogen) atoms. The summed E-state index contributed by atoms with van der Waals surface area (Å²) in [5.74, 6) is 1.05. The van der Waals surface area contributed by atoms with Gasteiger partial charge in [-0.25, -0.2) is 4.98 Å². The molecule has 0 atom stereocenters. The number of aromatic nitrogens is 3.